The van der Waals surface area contributed by atoms with Crippen molar-refractivity contribution in [2.24, 2.45) is 17.8 Å². The summed E-state index contributed by atoms with van der Waals surface area (Å²) in [6.45, 7) is 9.18. The molecular formula is C12H25NO. The summed E-state index contributed by atoms with van der Waals surface area (Å²) in [5, 5.41) is 12.7. The highest BCUT2D eigenvalue weighted by Crippen LogP contribution is 2.33. The quantitative estimate of drug-likeness (QED) is 0.710. The van der Waals surface area contributed by atoms with E-state index in [1.807, 2.05) is 0 Å². The van der Waals surface area contributed by atoms with E-state index in [4.69, 9.17) is 0 Å². The lowest BCUT2D eigenvalue weighted by atomic mass is 9.73. The van der Waals surface area contributed by atoms with Crippen LogP contribution in [0.2, 0.25) is 0 Å². The molecule has 0 bridgehead atoms. The zero-order valence-corrected chi connectivity index (χ0v) is 9.96. The predicted octanol–water partition coefficient (Wildman–Crippen LogP) is 2.03. The fourth-order valence-electron chi connectivity index (χ4n) is 2.10. The normalized spacial score (nSPS) is 29.4. The summed E-state index contributed by atoms with van der Waals surface area (Å²) >= 11 is 0. The molecule has 1 unspecified atom stereocenters. The topological polar surface area (TPSA) is 32.3 Å². The monoisotopic (exact) mass is 199 g/mol. The van der Waals surface area contributed by atoms with E-state index in [1.54, 1.807) is 0 Å². The Morgan fingerprint density at radius 2 is 1.79 bits per heavy atom. The van der Waals surface area contributed by atoms with Crippen LogP contribution in [0, 0.1) is 17.8 Å². The molecule has 0 radical (unpaired) electrons. The molecule has 84 valence electrons. The van der Waals surface area contributed by atoms with Crippen LogP contribution in [0.4, 0.5) is 0 Å². The van der Waals surface area contributed by atoms with Crippen LogP contribution >= 0.6 is 0 Å². The molecule has 1 rings (SSSR count). The van der Waals surface area contributed by atoms with Crippen LogP contribution < -0.4 is 5.32 Å². The zero-order valence-electron chi connectivity index (χ0n) is 9.96. The summed E-state index contributed by atoms with van der Waals surface area (Å²) in [5.74, 6) is 2.25. The minimum atomic E-state index is 0.264. The third-order valence-electron chi connectivity index (χ3n) is 3.57. The molecule has 0 aromatic rings. The van der Waals surface area contributed by atoms with Gasteiger partial charge >= 0.3 is 0 Å². The number of nitrogens with one attached hydrogen (secondary N) is 1. The van der Waals surface area contributed by atoms with E-state index in [9.17, 15) is 5.11 Å². The predicted molar refractivity (Wildman–Crippen MR) is 60.2 cm³/mol. The van der Waals surface area contributed by atoms with Crippen LogP contribution in [-0.2, 0) is 0 Å². The van der Waals surface area contributed by atoms with E-state index in [-0.39, 0.29) is 12.6 Å². The van der Waals surface area contributed by atoms with Crippen LogP contribution in [0.25, 0.3) is 0 Å². The lowest BCUT2D eigenvalue weighted by Gasteiger charge is -2.41. The van der Waals surface area contributed by atoms with Crippen molar-refractivity contribution in [1.29, 1.82) is 0 Å². The SMILES string of the molecule is CC(C)C1CC(NC(CO)C(C)C)C1. The van der Waals surface area contributed by atoms with Gasteiger partial charge in [0.05, 0.1) is 6.61 Å². The first kappa shape index (κ1) is 12.0. The van der Waals surface area contributed by atoms with E-state index in [0.29, 0.717) is 12.0 Å². The Labute approximate surface area is 88.1 Å². The van der Waals surface area contributed by atoms with E-state index in [0.717, 1.165) is 11.8 Å². The van der Waals surface area contributed by atoms with Crippen molar-refractivity contribution in [3.8, 4) is 0 Å². The maximum Gasteiger partial charge on any atom is 0.0587 e. The standard InChI is InChI=1S/C12H25NO/c1-8(2)10-5-11(6-10)13-12(7-14)9(3)4/h8-14H,5-7H2,1-4H3. The van der Waals surface area contributed by atoms with Gasteiger partial charge in [-0.1, -0.05) is 27.7 Å². The minimum Gasteiger partial charge on any atom is -0.395 e. The first-order chi connectivity index (χ1) is 6.54. The summed E-state index contributed by atoms with van der Waals surface area (Å²) in [6, 6.07) is 0.940. The molecule has 2 nitrogen and oxygen atoms in total. The number of rotatable bonds is 5. The molecule has 1 aliphatic carbocycles. The van der Waals surface area contributed by atoms with Crippen molar-refractivity contribution >= 4 is 0 Å². The van der Waals surface area contributed by atoms with Crippen molar-refractivity contribution in [3.05, 3.63) is 0 Å². The van der Waals surface area contributed by atoms with Gasteiger partial charge in [0.25, 0.3) is 0 Å². The third kappa shape index (κ3) is 2.96. The molecule has 1 saturated carbocycles. The van der Waals surface area contributed by atoms with Gasteiger partial charge in [-0.25, -0.2) is 0 Å². The minimum absolute atomic E-state index is 0.264. The molecule has 0 heterocycles. The van der Waals surface area contributed by atoms with Gasteiger partial charge in [0.15, 0.2) is 0 Å². The second-order valence-electron chi connectivity index (χ2n) is 5.37. The summed E-state index contributed by atoms with van der Waals surface area (Å²) in [6.07, 6.45) is 2.59. The zero-order chi connectivity index (χ0) is 10.7. The van der Waals surface area contributed by atoms with Gasteiger partial charge < -0.3 is 10.4 Å². The molecule has 0 amide bonds. The van der Waals surface area contributed by atoms with Crippen LogP contribution in [0.5, 0.6) is 0 Å². The molecule has 14 heavy (non-hydrogen) atoms. The number of aliphatic hydroxyl groups excluding tert-OH is 1. The molecule has 0 aromatic carbocycles. The van der Waals surface area contributed by atoms with E-state index in [1.165, 1.54) is 12.8 Å². The fraction of sp³-hybridized carbons (Fsp3) is 1.00. The van der Waals surface area contributed by atoms with Gasteiger partial charge in [-0.3, -0.25) is 0 Å². The van der Waals surface area contributed by atoms with Crippen LogP contribution in [0.15, 0.2) is 0 Å². The molecule has 1 atom stereocenters. The smallest absolute Gasteiger partial charge is 0.0587 e. The first-order valence-corrected chi connectivity index (χ1v) is 5.91. The Morgan fingerprint density at radius 1 is 1.21 bits per heavy atom. The second-order valence-corrected chi connectivity index (χ2v) is 5.37. The van der Waals surface area contributed by atoms with E-state index in [2.05, 4.69) is 33.0 Å². The highest BCUT2D eigenvalue weighted by molar-refractivity contribution is 4.89. The van der Waals surface area contributed by atoms with Gasteiger partial charge in [-0.2, -0.15) is 0 Å². The third-order valence-corrected chi connectivity index (χ3v) is 3.57. The summed E-state index contributed by atoms with van der Waals surface area (Å²) in [7, 11) is 0. The van der Waals surface area contributed by atoms with Gasteiger partial charge in [0.2, 0.25) is 0 Å². The van der Waals surface area contributed by atoms with Gasteiger partial charge in [-0.05, 0) is 30.6 Å². The maximum absolute atomic E-state index is 9.18. The number of aliphatic hydroxyl groups is 1. The Morgan fingerprint density at radius 3 is 2.14 bits per heavy atom. The molecule has 0 aliphatic heterocycles. The Kier molecular flexibility index (Phi) is 4.39. The van der Waals surface area contributed by atoms with Crippen molar-refractivity contribution in [3.63, 3.8) is 0 Å². The fourth-order valence-corrected chi connectivity index (χ4v) is 2.10. The number of hydrogen-bond donors (Lipinski definition) is 2. The van der Waals surface area contributed by atoms with E-state index < -0.39 is 0 Å². The first-order valence-electron chi connectivity index (χ1n) is 5.91. The summed E-state index contributed by atoms with van der Waals surface area (Å²) in [4.78, 5) is 0. The molecular weight excluding hydrogens is 174 g/mol. The van der Waals surface area contributed by atoms with Crippen molar-refractivity contribution < 1.29 is 5.11 Å². The van der Waals surface area contributed by atoms with Crippen LogP contribution in [0.1, 0.15) is 40.5 Å². The molecule has 1 aliphatic rings. The summed E-state index contributed by atoms with van der Waals surface area (Å²) in [5.41, 5.74) is 0. The van der Waals surface area contributed by atoms with Crippen molar-refractivity contribution in [2.45, 2.75) is 52.6 Å². The largest absolute Gasteiger partial charge is 0.395 e. The molecule has 1 fully saturated rings. The van der Waals surface area contributed by atoms with E-state index >= 15 is 0 Å². The van der Waals surface area contributed by atoms with Crippen LogP contribution in [0.3, 0.4) is 0 Å². The van der Waals surface area contributed by atoms with Gasteiger partial charge in [0.1, 0.15) is 0 Å². The lowest BCUT2D eigenvalue weighted by molar-refractivity contribution is 0.123. The average molecular weight is 199 g/mol. The second kappa shape index (κ2) is 5.13. The molecule has 2 heteroatoms. The van der Waals surface area contributed by atoms with Gasteiger partial charge in [0, 0.05) is 12.1 Å². The maximum atomic E-state index is 9.18. The molecule has 0 spiro atoms. The summed E-state index contributed by atoms with van der Waals surface area (Å²) < 4.78 is 0. The Balaban J connectivity index is 2.21. The highest BCUT2D eigenvalue weighted by Gasteiger charge is 2.32. The Bertz CT molecular complexity index is 162. The van der Waals surface area contributed by atoms with Crippen molar-refractivity contribution in [1.82, 2.24) is 5.32 Å². The highest BCUT2D eigenvalue weighted by atomic mass is 16.3. The molecule has 2 N–H and O–H groups in total. The Hall–Kier alpha value is -0.0800. The van der Waals surface area contributed by atoms with Crippen molar-refractivity contribution in [2.75, 3.05) is 6.61 Å². The molecule has 0 aromatic heterocycles. The van der Waals surface area contributed by atoms with Crippen LogP contribution in [-0.4, -0.2) is 23.8 Å². The number of hydrogen-bond acceptors (Lipinski definition) is 2. The van der Waals surface area contributed by atoms with Gasteiger partial charge in [-0.15, -0.1) is 0 Å². The average Bonchev–Trinajstić information content (AvgIpc) is 2.00. The lowest BCUT2D eigenvalue weighted by Crippen LogP contribution is -2.50. The molecule has 0 saturated heterocycles.